The van der Waals surface area contributed by atoms with E-state index in [2.05, 4.69) is 15.2 Å². The summed E-state index contributed by atoms with van der Waals surface area (Å²) in [6.45, 7) is 1.70. The summed E-state index contributed by atoms with van der Waals surface area (Å²) in [5, 5.41) is 10.0. The molecule has 1 fully saturated rings. The van der Waals surface area contributed by atoms with E-state index in [1.54, 1.807) is 12.4 Å². The van der Waals surface area contributed by atoms with Crippen LogP contribution in [-0.2, 0) is 4.79 Å². The smallest absolute Gasteiger partial charge is 0.233 e. The van der Waals surface area contributed by atoms with E-state index in [0.717, 1.165) is 37.2 Å². The number of hydrogen-bond acceptors (Lipinski definition) is 5. The Kier molecular flexibility index (Phi) is 5.92. The van der Waals surface area contributed by atoms with Crippen LogP contribution < -0.4 is 0 Å². The number of thioether (sulfide) groups is 1. The minimum atomic E-state index is 0.147. The van der Waals surface area contributed by atoms with E-state index in [0.29, 0.717) is 21.8 Å². The summed E-state index contributed by atoms with van der Waals surface area (Å²) in [7, 11) is 0. The van der Waals surface area contributed by atoms with E-state index in [4.69, 9.17) is 11.6 Å². The van der Waals surface area contributed by atoms with Crippen molar-refractivity contribution in [3.05, 3.63) is 53.8 Å². The van der Waals surface area contributed by atoms with Gasteiger partial charge in [-0.2, -0.15) is 0 Å². The predicted octanol–water partition coefficient (Wildman–Crippen LogP) is 4.09. The SMILES string of the molecule is O=C(CSc1nnc(-c2cccnc2)n1-c1cccc(Cl)c1)N1CCCCC1. The van der Waals surface area contributed by atoms with Gasteiger partial charge >= 0.3 is 0 Å². The Morgan fingerprint density at radius 1 is 1.11 bits per heavy atom. The monoisotopic (exact) mass is 413 g/mol. The standard InChI is InChI=1S/C20H20ClN5OS/c21-16-7-4-8-17(12-16)26-19(15-6-5-9-22-13-15)23-24-20(26)28-14-18(27)25-10-2-1-3-11-25/h4-9,12-13H,1-3,10-11,14H2. The van der Waals surface area contributed by atoms with Gasteiger partial charge in [0.05, 0.1) is 11.4 Å². The lowest BCUT2D eigenvalue weighted by Gasteiger charge is -2.26. The maximum atomic E-state index is 12.6. The zero-order chi connectivity index (χ0) is 19.3. The Hall–Kier alpha value is -2.38. The van der Waals surface area contributed by atoms with Crippen molar-refractivity contribution in [3.63, 3.8) is 0 Å². The zero-order valence-electron chi connectivity index (χ0n) is 15.3. The van der Waals surface area contributed by atoms with Crippen molar-refractivity contribution >= 4 is 29.3 Å². The molecule has 3 aromatic rings. The Morgan fingerprint density at radius 3 is 2.71 bits per heavy atom. The van der Waals surface area contributed by atoms with Crippen LogP contribution in [0.2, 0.25) is 5.02 Å². The van der Waals surface area contributed by atoms with Crippen LogP contribution in [0.15, 0.2) is 53.9 Å². The lowest BCUT2D eigenvalue weighted by molar-refractivity contribution is -0.129. The molecule has 0 atom stereocenters. The summed E-state index contributed by atoms with van der Waals surface area (Å²) in [5.41, 5.74) is 1.70. The molecule has 1 saturated heterocycles. The maximum Gasteiger partial charge on any atom is 0.233 e. The summed E-state index contributed by atoms with van der Waals surface area (Å²) in [6.07, 6.45) is 6.84. The summed E-state index contributed by atoms with van der Waals surface area (Å²) >= 11 is 7.61. The highest BCUT2D eigenvalue weighted by atomic mass is 35.5. The number of pyridine rings is 1. The molecule has 1 amide bonds. The Labute approximate surface area is 172 Å². The number of aromatic nitrogens is 4. The number of likely N-dealkylation sites (tertiary alicyclic amines) is 1. The Bertz CT molecular complexity index is 956. The molecule has 0 unspecified atom stereocenters. The molecule has 1 aromatic carbocycles. The molecule has 6 nitrogen and oxygen atoms in total. The molecule has 28 heavy (non-hydrogen) atoms. The molecule has 3 heterocycles. The molecular formula is C20H20ClN5OS. The molecule has 2 aromatic heterocycles. The van der Waals surface area contributed by atoms with Gasteiger partial charge in [-0.25, -0.2) is 0 Å². The predicted molar refractivity (Wildman–Crippen MR) is 111 cm³/mol. The van der Waals surface area contributed by atoms with Crippen LogP contribution >= 0.6 is 23.4 Å². The highest BCUT2D eigenvalue weighted by molar-refractivity contribution is 7.99. The van der Waals surface area contributed by atoms with Crippen LogP contribution in [0, 0.1) is 0 Å². The Morgan fingerprint density at radius 2 is 1.96 bits per heavy atom. The van der Waals surface area contributed by atoms with E-state index < -0.39 is 0 Å². The highest BCUT2D eigenvalue weighted by Crippen LogP contribution is 2.29. The summed E-state index contributed by atoms with van der Waals surface area (Å²) in [4.78, 5) is 18.7. The quantitative estimate of drug-likeness (QED) is 0.589. The van der Waals surface area contributed by atoms with Crippen LogP contribution in [0.3, 0.4) is 0 Å². The van der Waals surface area contributed by atoms with Gasteiger partial charge in [-0.3, -0.25) is 14.3 Å². The number of piperidine rings is 1. The summed E-state index contributed by atoms with van der Waals surface area (Å²) in [6, 6.07) is 11.3. The van der Waals surface area contributed by atoms with Gasteiger partial charge < -0.3 is 4.90 Å². The first-order chi connectivity index (χ1) is 13.7. The van der Waals surface area contributed by atoms with Gasteiger partial charge in [0, 0.05) is 36.1 Å². The third-order valence-corrected chi connectivity index (χ3v) is 5.80. The second-order valence-electron chi connectivity index (χ2n) is 6.59. The van der Waals surface area contributed by atoms with Crippen LogP contribution in [0.5, 0.6) is 0 Å². The van der Waals surface area contributed by atoms with Crippen molar-refractivity contribution in [1.29, 1.82) is 0 Å². The number of rotatable bonds is 5. The van der Waals surface area contributed by atoms with Gasteiger partial charge in [0.2, 0.25) is 5.91 Å². The first-order valence-corrected chi connectivity index (χ1v) is 10.6. The van der Waals surface area contributed by atoms with E-state index >= 15 is 0 Å². The number of carbonyl (C=O) groups excluding carboxylic acids is 1. The molecule has 144 valence electrons. The second kappa shape index (κ2) is 8.75. The largest absolute Gasteiger partial charge is 0.342 e. The minimum Gasteiger partial charge on any atom is -0.342 e. The van der Waals surface area contributed by atoms with Crippen LogP contribution in [0.25, 0.3) is 17.1 Å². The molecule has 0 saturated carbocycles. The van der Waals surface area contributed by atoms with Crippen molar-refractivity contribution in [3.8, 4) is 17.1 Å². The van der Waals surface area contributed by atoms with Gasteiger partial charge in [-0.15, -0.1) is 10.2 Å². The zero-order valence-corrected chi connectivity index (χ0v) is 16.9. The highest BCUT2D eigenvalue weighted by Gasteiger charge is 2.20. The van der Waals surface area contributed by atoms with Crippen molar-refractivity contribution in [1.82, 2.24) is 24.6 Å². The van der Waals surface area contributed by atoms with Crippen LogP contribution in [-0.4, -0.2) is 49.4 Å². The molecule has 4 rings (SSSR count). The lowest BCUT2D eigenvalue weighted by atomic mass is 10.1. The van der Waals surface area contributed by atoms with E-state index in [9.17, 15) is 4.79 Å². The number of amides is 1. The van der Waals surface area contributed by atoms with E-state index in [-0.39, 0.29) is 5.91 Å². The fourth-order valence-electron chi connectivity index (χ4n) is 3.25. The van der Waals surface area contributed by atoms with Crippen molar-refractivity contribution in [2.75, 3.05) is 18.8 Å². The lowest BCUT2D eigenvalue weighted by Crippen LogP contribution is -2.36. The van der Waals surface area contributed by atoms with Gasteiger partial charge in [-0.1, -0.05) is 29.4 Å². The molecule has 8 heteroatoms. The van der Waals surface area contributed by atoms with Crippen LogP contribution in [0.4, 0.5) is 0 Å². The van der Waals surface area contributed by atoms with E-state index in [1.165, 1.54) is 18.2 Å². The van der Waals surface area contributed by atoms with Crippen LogP contribution in [0.1, 0.15) is 19.3 Å². The fourth-order valence-corrected chi connectivity index (χ4v) is 4.29. The average Bonchev–Trinajstić information content (AvgIpc) is 3.17. The molecule has 0 aliphatic carbocycles. The second-order valence-corrected chi connectivity index (χ2v) is 7.97. The first kappa shape index (κ1) is 19.0. The maximum absolute atomic E-state index is 12.6. The van der Waals surface area contributed by atoms with Gasteiger partial charge in [0.25, 0.3) is 0 Å². The molecule has 0 spiro atoms. The summed E-state index contributed by atoms with van der Waals surface area (Å²) in [5.74, 6) is 1.16. The topological polar surface area (TPSA) is 63.9 Å². The molecule has 1 aliphatic heterocycles. The Balaban J connectivity index is 1.63. The number of benzene rings is 1. The normalized spacial score (nSPS) is 14.2. The van der Waals surface area contributed by atoms with Gasteiger partial charge in [-0.05, 0) is 49.6 Å². The third kappa shape index (κ3) is 4.20. The molecule has 0 bridgehead atoms. The molecule has 0 radical (unpaired) electrons. The molecule has 1 aliphatic rings. The molecular weight excluding hydrogens is 394 g/mol. The molecule has 0 N–H and O–H groups in total. The van der Waals surface area contributed by atoms with Gasteiger partial charge in [0.1, 0.15) is 0 Å². The van der Waals surface area contributed by atoms with Crippen molar-refractivity contribution in [2.24, 2.45) is 0 Å². The first-order valence-electron chi connectivity index (χ1n) is 9.25. The fraction of sp³-hybridized carbons (Fsp3) is 0.300. The number of carbonyl (C=O) groups is 1. The number of nitrogens with zero attached hydrogens (tertiary/aromatic N) is 5. The van der Waals surface area contributed by atoms with Crippen molar-refractivity contribution < 1.29 is 4.79 Å². The van der Waals surface area contributed by atoms with Gasteiger partial charge in [0.15, 0.2) is 11.0 Å². The average molecular weight is 414 g/mol. The third-order valence-electron chi connectivity index (χ3n) is 4.65. The number of halogens is 1. The summed E-state index contributed by atoms with van der Waals surface area (Å²) < 4.78 is 1.93. The minimum absolute atomic E-state index is 0.147. The van der Waals surface area contributed by atoms with Crippen molar-refractivity contribution in [2.45, 2.75) is 24.4 Å². The van der Waals surface area contributed by atoms with E-state index in [1.807, 2.05) is 45.9 Å². The number of hydrogen-bond donors (Lipinski definition) is 0.